The van der Waals surface area contributed by atoms with E-state index < -0.39 is 10.0 Å². The molecule has 0 aliphatic carbocycles. The van der Waals surface area contributed by atoms with E-state index in [1.54, 1.807) is 30.2 Å². The Morgan fingerprint density at radius 1 is 1.03 bits per heavy atom. The normalized spacial score (nSPS) is 15.2. The summed E-state index contributed by atoms with van der Waals surface area (Å²) in [6, 6.07) is 11.5. The highest BCUT2D eigenvalue weighted by atomic mass is 35.5. The maximum absolute atomic E-state index is 12.7. The summed E-state index contributed by atoms with van der Waals surface area (Å²) in [6.07, 6.45) is 0. The van der Waals surface area contributed by atoms with E-state index in [4.69, 9.17) is 21.1 Å². The van der Waals surface area contributed by atoms with Crippen LogP contribution in [0.5, 0.6) is 11.5 Å². The van der Waals surface area contributed by atoms with Crippen molar-refractivity contribution in [3.05, 3.63) is 53.1 Å². The summed E-state index contributed by atoms with van der Waals surface area (Å²) >= 11 is 5.83. The Morgan fingerprint density at radius 3 is 2.31 bits per heavy atom. The quantitative estimate of drug-likeness (QED) is 0.692. The van der Waals surface area contributed by atoms with Crippen molar-refractivity contribution in [2.45, 2.75) is 11.8 Å². The van der Waals surface area contributed by atoms with Crippen LogP contribution in [0.15, 0.2) is 47.4 Å². The molecule has 1 heterocycles. The van der Waals surface area contributed by atoms with Crippen LogP contribution in [-0.4, -0.2) is 63.4 Å². The molecule has 1 saturated heterocycles. The number of halogens is 1. The molecule has 0 bridgehead atoms. The molecule has 0 aromatic heterocycles. The third kappa shape index (κ3) is 5.01. The molecule has 0 radical (unpaired) electrons. The predicted molar refractivity (Wildman–Crippen MR) is 110 cm³/mol. The summed E-state index contributed by atoms with van der Waals surface area (Å²) in [5.74, 6) is 0.864. The van der Waals surface area contributed by atoms with Crippen LogP contribution in [0.25, 0.3) is 0 Å². The number of hydrogen-bond acceptors (Lipinski definition) is 5. The molecule has 156 valence electrons. The molecule has 0 N–H and O–H groups in total. The van der Waals surface area contributed by atoms with Crippen molar-refractivity contribution in [1.82, 2.24) is 9.21 Å². The van der Waals surface area contributed by atoms with Gasteiger partial charge in [0.1, 0.15) is 0 Å². The van der Waals surface area contributed by atoms with Crippen LogP contribution in [0, 0.1) is 6.92 Å². The van der Waals surface area contributed by atoms with Gasteiger partial charge in [-0.05, 0) is 48.9 Å². The Balaban J connectivity index is 1.56. The van der Waals surface area contributed by atoms with Crippen LogP contribution in [0.1, 0.15) is 5.56 Å². The van der Waals surface area contributed by atoms with Crippen LogP contribution in [-0.2, 0) is 14.8 Å². The van der Waals surface area contributed by atoms with Crippen LogP contribution in [0.4, 0.5) is 0 Å². The first-order chi connectivity index (χ1) is 13.8. The average Bonchev–Trinajstić information content (AvgIpc) is 2.73. The Hall–Kier alpha value is -2.29. The maximum Gasteiger partial charge on any atom is 0.260 e. The molecule has 0 spiro atoms. The van der Waals surface area contributed by atoms with Crippen molar-refractivity contribution < 1.29 is 22.7 Å². The largest absolute Gasteiger partial charge is 0.493 e. The van der Waals surface area contributed by atoms with Gasteiger partial charge in [0, 0.05) is 31.2 Å². The van der Waals surface area contributed by atoms with Gasteiger partial charge in [-0.25, -0.2) is 8.42 Å². The monoisotopic (exact) mass is 438 g/mol. The fraction of sp³-hybridized carbons (Fsp3) is 0.350. The number of hydrogen-bond donors (Lipinski definition) is 0. The maximum atomic E-state index is 12.7. The minimum Gasteiger partial charge on any atom is -0.493 e. The molecule has 2 aromatic carbocycles. The first kappa shape index (κ1) is 21.4. The van der Waals surface area contributed by atoms with Gasteiger partial charge in [-0.3, -0.25) is 4.79 Å². The van der Waals surface area contributed by atoms with Crippen LogP contribution < -0.4 is 9.47 Å². The second-order valence-electron chi connectivity index (χ2n) is 6.68. The molecule has 29 heavy (non-hydrogen) atoms. The lowest BCUT2D eigenvalue weighted by atomic mass is 10.2. The first-order valence-corrected chi connectivity index (χ1v) is 10.9. The molecule has 9 heteroatoms. The van der Waals surface area contributed by atoms with Crippen molar-refractivity contribution in [2.75, 3.05) is 39.9 Å². The van der Waals surface area contributed by atoms with E-state index in [2.05, 4.69) is 0 Å². The van der Waals surface area contributed by atoms with E-state index in [0.717, 1.165) is 5.56 Å². The topological polar surface area (TPSA) is 76.2 Å². The van der Waals surface area contributed by atoms with Gasteiger partial charge < -0.3 is 14.4 Å². The number of carbonyl (C=O) groups is 1. The second kappa shape index (κ2) is 9.02. The molecule has 1 amide bonds. The molecular weight excluding hydrogens is 416 g/mol. The number of piperazine rings is 1. The predicted octanol–water partition coefficient (Wildman–Crippen LogP) is 2.57. The zero-order valence-electron chi connectivity index (χ0n) is 16.3. The molecule has 1 aliphatic rings. The van der Waals surface area contributed by atoms with E-state index in [9.17, 15) is 13.2 Å². The number of aryl methyl sites for hydroxylation is 1. The van der Waals surface area contributed by atoms with Gasteiger partial charge in [0.2, 0.25) is 10.0 Å². The average molecular weight is 439 g/mol. The van der Waals surface area contributed by atoms with Crippen molar-refractivity contribution in [1.29, 1.82) is 0 Å². The molecule has 1 aliphatic heterocycles. The first-order valence-electron chi connectivity index (χ1n) is 9.12. The van der Waals surface area contributed by atoms with Gasteiger partial charge in [0.05, 0.1) is 12.0 Å². The Kier molecular flexibility index (Phi) is 6.66. The fourth-order valence-corrected chi connectivity index (χ4v) is 4.61. The second-order valence-corrected chi connectivity index (χ2v) is 9.06. The van der Waals surface area contributed by atoms with Gasteiger partial charge in [0.15, 0.2) is 18.1 Å². The number of methoxy groups -OCH3 is 1. The van der Waals surface area contributed by atoms with E-state index in [0.29, 0.717) is 29.6 Å². The minimum atomic E-state index is -3.61. The summed E-state index contributed by atoms with van der Waals surface area (Å²) in [5.41, 5.74) is 1.03. The molecular formula is C20H23ClN2O5S. The number of benzene rings is 2. The van der Waals surface area contributed by atoms with Gasteiger partial charge in [-0.2, -0.15) is 4.31 Å². The molecule has 1 fully saturated rings. The van der Waals surface area contributed by atoms with Gasteiger partial charge >= 0.3 is 0 Å². The SMILES string of the molecule is COc1cc(C)ccc1OCC(=O)N1CCN(S(=O)(=O)c2ccc(Cl)cc2)CC1. The van der Waals surface area contributed by atoms with Crippen LogP contribution >= 0.6 is 11.6 Å². The van der Waals surface area contributed by atoms with Gasteiger partial charge in [-0.1, -0.05) is 17.7 Å². The Labute approximate surface area is 175 Å². The summed E-state index contributed by atoms with van der Waals surface area (Å²) in [4.78, 5) is 14.3. The Morgan fingerprint density at radius 2 is 1.69 bits per heavy atom. The number of nitrogens with zero attached hydrogens (tertiary/aromatic N) is 2. The highest BCUT2D eigenvalue weighted by Crippen LogP contribution is 2.28. The van der Waals surface area contributed by atoms with E-state index in [1.165, 1.54) is 16.4 Å². The summed E-state index contributed by atoms with van der Waals surface area (Å²) in [5, 5.41) is 0.476. The summed E-state index contributed by atoms with van der Waals surface area (Å²) in [7, 11) is -2.06. The number of carbonyl (C=O) groups excluding carboxylic acids is 1. The lowest BCUT2D eigenvalue weighted by Crippen LogP contribution is -2.51. The van der Waals surface area contributed by atoms with E-state index >= 15 is 0 Å². The minimum absolute atomic E-state index is 0.136. The standard InChI is InChI=1S/C20H23ClN2O5S/c1-15-3-8-18(19(13-15)27-2)28-14-20(24)22-9-11-23(12-10-22)29(25,26)17-6-4-16(21)5-7-17/h3-8,13H,9-12,14H2,1-2H3. The third-order valence-corrected chi connectivity index (χ3v) is 6.88. The molecule has 0 unspecified atom stereocenters. The van der Waals surface area contributed by atoms with E-state index in [1.807, 2.05) is 19.1 Å². The lowest BCUT2D eigenvalue weighted by Gasteiger charge is -2.34. The summed E-state index contributed by atoms with van der Waals surface area (Å²) in [6.45, 7) is 2.87. The number of sulfonamides is 1. The van der Waals surface area contributed by atoms with Crippen molar-refractivity contribution in [2.24, 2.45) is 0 Å². The van der Waals surface area contributed by atoms with Crippen LogP contribution in [0.2, 0.25) is 5.02 Å². The lowest BCUT2D eigenvalue weighted by molar-refractivity contribution is -0.134. The smallest absolute Gasteiger partial charge is 0.260 e. The third-order valence-electron chi connectivity index (χ3n) is 4.71. The van der Waals surface area contributed by atoms with Gasteiger partial charge in [-0.15, -0.1) is 0 Å². The molecule has 3 rings (SSSR count). The van der Waals surface area contributed by atoms with Crippen LogP contribution in [0.3, 0.4) is 0 Å². The zero-order valence-corrected chi connectivity index (χ0v) is 17.9. The highest BCUT2D eigenvalue weighted by molar-refractivity contribution is 7.89. The molecule has 2 aromatic rings. The molecule has 0 saturated carbocycles. The fourth-order valence-electron chi connectivity index (χ4n) is 3.06. The Bertz CT molecular complexity index is 971. The van der Waals surface area contributed by atoms with E-state index in [-0.39, 0.29) is 30.5 Å². The van der Waals surface area contributed by atoms with Crippen molar-refractivity contribution in [3.8, 4) is 11.5 Å². The number of rotatable bonds is 6. The molecule has 7 nitrogen and oxygen atoms in total. The number of ether oxygens (including phenoxy) is 2. The molecule has 0 atom stereocenters. The van der Waals surface area contributed by atoms with Gasteiger partial charge in [0.25, 0.3) is 5.91 Å². The zero-order chi connectivity index (χ0) is 21.0. The van der Waals surface area contributed by atoms with Crippen molar-refractivity contribution in [3.63, 3.8) is 0 Å². The van der Waals surface area contributed by atoms with Crippen molar-refractivity contribution >= 4 is 27.5 Å². The number of amides is 1. The summed E-state index contributed by atoms with van der Waals surface area (Å²) < 4.78 is 37.7. The highest BCUT2D eigenvalue weighted by Gasteiger charge is 2.30.